The number of barbiturate groups is 1. The van der Waals surface area contributed by atoms with Crippen LogP contribution in [-0.4, -0.2) is 53.8 Å². The van der Waals surface area contributed by atoms with Crippen LogP contribution >= 0.6 is 0 Å². The predicted molar refractivity (Wildman–Crippen MR) is 96.3 cm³/mol. The first-order valence-corrected chi connectivity index (χ1v) is 7.99. The van der Waals surface area contributed by atoms with Crippen molar-refractivity contribution in [2.75, 3.05) is 21.2 Å². The predicted octanol–water partition coefficient (Wildman–Crippen LogP) is 2.30. The molecular formula is C18H15N3O7. The minimum Gasteiger partial charge on any atom is -0.497 e. The first-order valence-electron chi connectivity index (χ1n) is 7.99. The van der Waals surface area contributed by atoms with Crippen LogP contribution in [-0.2, 0) is 9.59 Å². The molecule has 1 saturated heterocycles. The van der Waals surface area contributed by atoms with Crippen LogP contribution in [0.1, 0.15) is 5.76 Å². The number of benzene rings is 1. The van der Waals surface area contributed by atoms with Crippen LogP contribution in [0.3, 0.4) is 0 Å². The highest BCUT2D eigenvalue weighted by atomic mass is 16.6. The monoisotopic (exact) mass is 385 g/mol. The number of ether oxygens (including phenoxy) is 1. The molecule has 1 aliphatic heterocycles. The van der Waals surface area contributed by atoms with E-state index in [1.807, 2.05) is 0 Å². The fourth-order valence-corrected chi connectivity index (χ4v) is 2.69. The second-order valence-electron chi connectivity index (χ2n) is 5.91. The van der Waals surface area contributed by atoms with Crippen LogP contribution in [0.15, 0.2) is 40.3 Å². The number of likely N-dealkylation sites (N-methyl/N-ethyl adjacent to an activating group) is 2. The van der Waals surface area contributed by atoms with Gasteiger partial charge in [0.2, 0.25) is 0 Å². The maximum absolute atomic E-state index is 12.2. The van der Waals surface area contributed by atoms with Crippen LogP contribution in [0.5, 0.6) is 5.75 Å². The van der Waals surface area contributed by atoms with E-state index >= 15 is 0 Å². The molecule has 1 fully saturated rings. The van der Waals surface area contributed by atoms with Crippen molar-refractivity contribution in [1.82, 2.24) is 9.80 Å². The molecule has 28 heavy (non-hydrogen) atoms. The summed E-state index contributed by atoms with van der Waals surface area (Å²) in [6, 6.07) is 6.50. The Bertz CT molecular complexity index is 1010. The van der Waals surface area contributed by atoms with E-state index in [1.165, 1.54) is 51.5 Å². The van der Waals surface area contributed by atoms with Crippen molar-refractivity contribution >= 4 is 29.6 Å². The summed E-state index contributed by atoms with van der Waals surface area (Å²) in [5.74, 6) is -0.899. The summed E-state index contributed by atoms with van der Waals surface area (Å²) in [6.45, 7) is 0. The molecule has 3 rings (SSSR count). The van der Waals surface area contributed by atoms with Gasteiger partial charge in [-0.25, -0.2) is 4.79 Å². The third-order valence-corrected chi connectivity index (χ3v) is 4.22. The lowest BCUT2D eigenvalue weighted by atomic mass is 10.1. The lowest BCUT2D eigenvalue weighted by molar-refractivity contribution is -0.384. The second-order valence-corrected chi connectivity index (χ2v) is 5.91. The van der Waals surface area contributed by atoms with Crippen molar-refractivity contribution in [1.29, 1.82) is 0 Å². The zero-order chi connectivity index (χ0) is 20.6. The number of rotatable bonds is 4. The lowest BCUT2D eigenvalue weighted by Gasteiger charge is -2.28. The van der Waals surface area contributed by atoms with Gasteiger partial charge in [0, 0.05) is 14.1 Å². The number of nitro groups is 1. The summed E-state index contributed by atoms with van der Waals surface area (Å²) < 4.78 is 10.6. The Morgan fingerprint density at radius 3 is 2.29 bits per heavy atom. The van der Waals surface area contributed by atoms with E-state index < -0.39 is 22.8 Å². The number of amides is 4. The maximum Gasteiger partial charge on any atom is 0.333 e. The van der Waals surface area contributed by atoms with E-state index in [-0.39, 0.29) is 28.3 Å². The average molecular weight is 385 g/mol. The molecule has 0 atom stereocenters. The number of methoxy groups -OCH3 is 1. The number of carbonyl (C=O) groups is 3. The van der Waals surface area contributed by atoms with E-state index in [4.69, 9.17) is 9.15 Å². The number of nitro benzene ring substituents is 1. The highest BCUT2D eigenvalue weighted by molar-refractivity contribution is 6.30. The maximum atomic E-state index is 12.2. The lowest BCUT2D eigenvalue weighted by Crippen LogP contribution is -2.52. The molecule has 0 unspecified atom stereocenters. The molecule has 0 bridgehead atoms. The molecule has 0 spiro atoms. The third kappa shape index (κ3) is 3.11. The van der Waals surface area contributed by atoms with Gasteiger partial charge >= 0.3 is 6.03 Å². The number of nitrogens with zero attached hydrogens (tertiary/aromatic N) is 3. The SMILES string of the molecule is COc1ccc(-c2ccc(C=C3C(=O)N(C)C(=O)N(C)C3=O)o2)c([N+](=O)[O-])c1. The van der Waals surface area contributed by atoms with Crippen molar-refractivity contribution in [3.05, 3.63) is 51.8 Å². The molecule has 2 heterocycles. The molecule has 10 nitrogen and oxygen atoms in total. The summed E-state index contributed by atoms with van der Waals surface area (Å²) in [4.78, 5) is 48.6. The first-order chi connectivity index (χ1) is 13.2. The molecule has 4 amide bonds. The van der Waals surface area contributed by atoms with Crippen LogP contribution in [0.2, 0.25) is 0 Å². The van der Waals surface area contributed by atoms with Crippen molar-refractivity contribution in [2.45, 2.75) is 0 Å². The highest BCUT2D eigenvalue weighted by Crippen LogP contribution is 2.34. The van der Waals surface area contributed by atoms with Crippen LogP contribution in [0, 0.1) is 10.1 Å². The molecule has 1 aromatic heterocycles. The fourth-order valence-electron chi connectivity index (χ4n) is 2.69. The quantitative estimate of drug-likeness (QED) is 0.342. The number of hydrogen-bond donors (Lipinski definition) is 0. The summed E-state index contributed by atoms with van der Waals surface area (Å²) in [5, 5.41) is 11.3. The van der Waals surface area contributed by atoms with Crippen LogP contribution in [0.4, 0.5) is 10.5 Å². The van der Waals surface area contributed by atoms with Crippen LogP contribution in [0.25, 0.3) is 17.4 Å². The van der Waals surface area contributed by atoms with Crippen molar-refractivity contribution in [3.63, 3.8) is 0 Å². The fraction of sp³-hybridized carbons (Fsp3) is 0.167. The van der Waals surface area contributed by atoms with Gasteiger partial charge in [0.25, 0.3) is 17.5 Å². The van der Waals surface area contributed by atoms with Gasteiger partial charge in [0.05, 0.1) is 23.7 Å². The van der Waals surface area contributed by atoms with E-state index in [0.29, 0.717) is 5.75 Å². The van der Waals surface area contributed by atoms with Gasteiger partial charge in [0.15, 0.2) is 0 Å². The largest absolute Gasteiger partial charge is 0.497 e. The summed E-state index contributed by atoms with van der Waals surface area (Å²) in [7, 11) is 3.92. The molecule has 1 aromatic carbocycles. The number of furan rings is 1. The summed E-state index contributed by atoms with van der Waals surface area (Å²) in [5.41, 5.74) is -0.265. The minimum absolute atomic E-state index is 0.132. The van der Waals surface area contributed by atoms with Crippen molar-refractivity contribution < 1.29 is 28.5 Å². The van der Waals surface area contributed by atoms with E-state index in [1.54, 1.807) is 6.07 Å². The highest BCUT2D eigenvalue weighted by Gasteiger charge is 2.38. The van der Waals surface area contributed by atoms with Gasteiger partial charge in [-0.1, -0.05) is 0 Å². The zero-order valence-electron chi connectivity index (χ0n) is 15.2. The molecule has 2 aromatic rings. The Balaban J connectivity index is 2.01. The number of imide groups is 2. The molecule has 0 N–H and O–H groups in total. The van der Waals surface area contributed by atoms with E-state index in [2.05, 4.69) is 0 Å². The van der Waals surface area contributed by atoms with Gasteiger partial charge in [-0.15, -0.1) is 0 Å². The Morgan fingerprint density at radius 1 is 1.07 bits per heavy atom. The Labute approximate surface area is 158 Å². The molecule has 0 saturated carbocycles. The summed E-state index contributed by atoms with van der Waals surface area (Å²) in [6.07, 6.45) is 1.20. The Morgan fingerprint density at radius 2 is 1.71 bits per heavy atom. The Hall–Kier alpha value is -3.95. The van der Waals surface area contributed by atoms with Gasteiger partial charge in [-0.05, 0) is 30.3 Å². The smallest absolute Gasteiger partial charge is 0.333 e. The van der Waals surface area contributed by atoms with Gasteiger partial charge in [-0.3, -0.25) is 29.5 Å². The Kier molecular flexibility index (Phi) is 4.70. The van der Waals surface area contributed by atoms with Crippen molar-refractivity contribution in [3.8, 4) is 17.1 Å². The second kappa shape index (κ2) is 6.99. The molecule has 0 radical (unpaired) electrons. The van der Waals surface area contributed by atoms with E-state index in [9.17, 15) is 24.5 Å². The number of urea groups is 1. The molecular weight excluding hydrogens is 370 g/mol. The first kappa shape index (κ1) is 18.8. The topological polar surface area (TPSA) is 123 Å². The van der Waals surface area contributed by atoms with Gasteiger partial charge in [-0.2, -0.15) is 0 Å². The van der Waals surface area contributed by atoms with Crippen LogP contribution < -0.4 is 4.74 Å². The normalized spacial score (nSPS) is 14.5. The minimum atomic E-state index is -0.763. The third-order valence-electron chi connectivity index (χ3n) is 4.22. The number of carbonyl (C=O) groups excluding carboxylic acids is 3. The average Bonchev–Trinajstić information content (AvgIpc) is 3.16. The number of hydrogen-bond acceptors (Lipinski definition) is 7. The zero-order valence-corrected chi connectivity index (χ0v) is 15.2. The summed E-state index contributed by atoms with van der Waals surface area (Å²) >= 11 is 0. The van der Waals surface area contributed by atoms with Crippen molar-refractivity contribution in [2.24, 2.45) is 0 Å². The molecule has 0 aliphatic carbocycles. The molecule has 1 aliphatic rings. The van der Waals surface area contributed by atoms with E-state index in [0.717, 1.165) is 9.80 Å². The van der Waals surface area contributed by atoms with Gasteiger partial charge < -0.3 is 9.15 Å². The molecule has 144 valence electrons. The van der Waals surface area contributed by atoms with Gasteiger partial charge in [0.1, 0.15) is 22.8 Å². The molecule has 10 heteroatoms. The standard InChI is InChI=1S/C18H15N3O7/c1-19-16(22)13(17(23)20(2)18(19)24)8-11-5-7-15(28-11)12-6-4-10(27-3)9-14(12)21(25)26/h4-9H,1-3H3.